The number of aromatic nitrogens is 4. The van der Waals surface area contributed by atoms with Crippen molar-refractivity contribution in [2.45, 2.75) is 12.9 Å². The van der Waals surface area contributed by atoms with Gasteiger partial charge in [0.2, 0.25) is 0 Å². The molecule has 0 bridgehead atoms. The molecule has 0 spiro atoms. The molecule has 0 aliphatic carbocycles. The van der Waals surface area contributed by atoms with Crippen molar-refractivity contribution in [1.82, 2.24) is 18.7 Å². The lowest BCUT2D eigenvalue weighted by molar-refractivity contribution is -0.274. The molecule has 4 rings (SSSR count). The molecular weight excluding hydrogens is 493 g/mol. The zero-order valence-corrected chi connectivity index (χ0v) is 19.3. The van der Waals surface area contributed by atoms with Gasteiger partial charge in [-0.3, -0.25) is 18.5 Å². The van der Waals surface area contributed by atoms with Crippen LogP contribution in [0.3, 0.4) is 0 Å². The van der Waals surface area contributed by atoms with E-state index in [1.165, 1.54) is 42.5 Å². The molecule has 0 saturated carbocycles. The highest BCUT2D eigenvalue weighted by molar-refractivity contribution is 6.32. The Morgan fingerprint density at radius 2 is 1.74 bits per heavy atom. The van der Waals surface area contributed by atoms with Crippen molar-refractivity contribution >= 4 is 22.8 Å². The highest BCUT2D eigenvalue weighted by atomic mass is 35.5. The highest BCUT2D eigenvalue weighted by Gasteiger charge is 2.31. The smallest absolute Gasteiger partial charge is 0.495 e. The minimum Gasteiger partial charge on any atom is -0.495 e. The number of benzene rings is 2. The molecule has 2 aromatic carbocycles. The number of rotatable bonds is 6. The van der Waals surface area contributed by atoms with Crippen LogP contribution in [0.4, 0.5) is 13.2 Å². The van der Waals surface area contributed by atoms with Gasteiger partial charge < -0.3 is 14.2 Å². The van der Waals surface area contributed by atoms with Crippen molar-refractivity contribution in [3.05, 3.63) is 73.9 Å². The first-order chi connectivity index (χ1) is 16.5. The predicted molar refractivity (Wildman–Crippen MR) is 121 cm³/mol. The number of hydrogen-bond acceptors (Lipinski definition) is 6. The molecule has 4 aromatic rings. The predicted octanol–water partition coefficient (Wildman–Crippen LogP) is 3.83. The summed E-state index contributed by atoms with van der Waals surface area (Å²) in [6.07, 6.45) is -4.89. The average Bonchev–Trinajstić information content (AvgIpc) is 3.14. The van der Waals surface area contributed by atoms with E-state index in [1.54, 1.807) is 18.2 Å². The largest absolute Gasteiger partial charge is 0.573 e. The lowest BCUT2D eigenvalue weighted by Crippen LogP contribution is -2.37. The first-order valence-corrected chi connectivity index (χ1v) is 10.4. The first kappa shape index (κ1) is 24.2. The Kier molecular flexibility index (Phi) is 6.24. The van der Waals surface area contributed by atoms with Crippen LogP contribution in [0, 0.1) is 0 Å². The fraction of sp³-hybridized carbons (Fsp3) is 0.227. The van der Waals surface area contributed by atoms with Gasteiger partial charge in [0.25, 0.3) is 5.56 Å². The van der Waals surface area contributed by atoms with E-state index in [-0.39, 0.29) is 29.5 Å². The van der Waals surface area contributed by atoms with Gasteiger partial charge >= 0.3 is 18.1 Å². The van der Waals surface area contributed by atoms with Gasteiger partial charge in [-0.1, -0.05) is 23.7 Å². The molecule has 0 unspecified atom stereocenters. The molecule has 0 aliphatic rings. The van der Waals surface area contributed by atoms with E-state index in [2.05, 4.69) is 9.72 Å². The summed E-state index contributed by atoms with van der Waals surface area (Å²) < 4.78 is 56.4. The molecule has 0 amide bonds. The van der Waals surface area contributed by atoms with Gasteiger partial charge in [-0.2, -0.15) is 4.98 Å². The summed E-state index contributed by atoms with van der Waals surface area (Å²) in [4.78, 5) is 29.7. The third-order valence-corrected chi connectivity index (χ3v) is 5.43. The summed E-state index contributed by atoms with van der Waals surface area (Å²) in [5.74, 6) is -0.129. The van der Waals surface area contributed by atoms with E-state index >= 15 is 0 Å². The number of hydrogen-bond donors (Lipinski definition) is 0. The molecule has 0 aliphatic heterocycles. The van der Waals surface area contributed by atoms with Crippen LogP contribution in [0.15, 0.2) is 52.1 Å². The summed E-state index contributed by atoms with van der Waals surface area (Å²) in [5, 5.41) is 0.378. The van der Waals surface area contributed by atoms with Crippen molar-refractivity contribution in [2.75, 3.05) is 7.11 Å². The maximum absolute atomic E-state index is 13.0. The molecular formula is C22H18ClF3N4O5. The normalized spacial score (nSPS) is 11.6. The van der Waals surface area contributed by atoms with Crippen LogP contribution in [-0.2, 0) is 20.6 Å². The van der Waals surface area contributed by atoms with Crippen LogP contribution in [0.2, 0.25) is 5.02 Å². The van der Waals surface area contributed by atoms with Crippen molar-refractivity contribution < 1.29 is 27.4 Å². The molecule has 9 nitrogen and oxygen atoms in total. The van der Waals surface area contributed by atoms with Gasteiger partial charge in [0.1, 0.15) is 17.2 Å². The van der Waals surface area contributed by atoms with Crippen molar-refractivity contribution in [3.8, 4) is 23.3 Å². The molecule has 2 aromatic heterocycles. The standard InChI is InChI=1S/C22H18ClF3N4O5/c1-28-18-17(19(31)29(2)21(28)32)30(11-12-7-8-15(23)16(9-12)33-3)20(27-18)34-13-5-4-6-14(10-13)35-22(24,25)26/h4-10H,11H2,1-3H3. The highest BCUT2D eigenvalue weighted by Crippen LogP contribution is 2.31. The number of alkyl halides is 3. The molecule has 13 heteroatoms. The van der Waals surface area contributed by atoms with Gasteiger partial charge in [0, 0.05) is 20.2 Å². The van der Waals surface area contributed by atoms with Crippen LogP contribution in [0.5, 0.6) is 23.3 Å². The van der Waals surface area contributed by atoms with E-state index in [1.807, 2.05) is 0 Å². The SMILES string of the molecule is COc1cc(Cn2c(Oc3cccc(OC(F)(F)F)c3)nc3c2c(=O)n(C)c(=O)n3C)ccc1Cl. The number of aryl methyl sites for hydroxylation is 1. The molecule has 0 radical (unpaired) electrons. The minimum atomic E-state index is -4.89. The fourth-order valence-corrected chi connectivity index (χ4v) is 3.67. The Morgan fingerprint density at radius 3 is 2.43 bits per heavy atom. The molecule has 0 N–H and O–H groups in total. The maximum atomic E-state index is 13.0. The van der Waals surface area contributed by atoms with Gasteiger partial charge in [-0.25, -0.2) is 4.79 Å². The molecule has 184 valence electrons. The number of ether oxygens (including phenoxy) is 3. The maximum Gasteiger partial charge on any atom is 0.573 e. The summed E-state index contributed by atoms with van der Waals surface area (Å²) in [6.45, 7) is 0.0472. The minimum absolute atomic E-state index is 0.0289. The van der Waals surface area contributed by atoms with Crippen molar-refractivity contribution in [2.24, 2.45) is 14.1 Å². The van der Waals surface area contributed by atoms with E-state index in [4.69, 9.17) is 21.1 Å². The van der Waals surface area contributed by atoms with E-state index in [9.17, 15) is 22.8 Å². The van der Waals surface area contributed by atoms with E-state index in [0.717, 1.165) is 16.7 Å². The summed E-state index contributed by atoms with van der Waals surface area (Å²) in [5.41, 5.74) is -0.480. The Balaban J connectivity index is 1.87. The van der Waals surface area contributed by atoms with Crippen LogP contribution in [0.25, 0.3) is 11.2 Å². The Hall–Kier alpha value is -3.93. The number of fused-ring (bicyclic) bond motifs is 1. The lowest BCUT2D eigenvalue weighted by atomic mass is 10.2. The van der Waals surface area contributed by atoms with Crippen LogP contribution < -0.4 is 25.5 Å². The zero-order chi connectivity index (χ0) is 25.5. The summed E-state index contributed by atoms with van der Waals surface area (Å²) in [6, 6.07) is 9.69. The zero-order valence-electron chi connectivity index (χ0n) is 18.6. The fourth-order valence-electron chi connectivity index (χ4n) is 3.48. The van der Waals surface area contributed by atoms with Gasteiger partial charge in [-0.15, -0.1) is 13.2 Å². The second-order valence-corrected chi connectivity index (χ2v) is 7.86. The van der Waals surface area contributed by atoms with Crippen LogP contribution in [-0.4, -0.2) is 32.2 Å². The first-order valence-electron chi connectivity index (χ1n) is 10.0. The Bertz CT molecular complexity index is 1540. The topological polar surface area (TPSA) is 89.5 Å². The second-order valence-electron chi connectivity index (χ2n) is 7.45. The Morgan fingerprint density at radius 1 is 1.03 bits per heavy atom. The molecule has 0 fully saturated rings. The molecule has 0 atom stereocenters. The van der Waals surface area contributed by atoms with Gasteiger partial charge in [0.15, 0.2) is 11.2 Å². The quantitative estimate of drug-likeness (QED) is 0.392. The van der Waals surface area contributed by atoms with E-state index in [0.29, 0.717) is 16.3 Å². The van der Waals surface area contributed by atoms with Crippen molar-refractivity contribution in [3.63, 3.8) is 0 Å². The number of halogens is 4. The number of methoxy groups -OCH3 is 1. The average molecular weight is 511 g/mol. The molecule has 2 heterocycles. The number of imidazole rings is 1. The van der Waals surface area contributed by atoms with Crippen LogP contribution >= 0.6 is 11.6 Å². The van der Waals surface area contributed by atoms with Crippen LogP contribution in [0.1, 0.15) is 5.56 Å². The molecule has 0 saturated heterocycles. The van der Waals surface area contributed by atoms with E-state index < -0.39 is 23.4 Å². The van der Waals surface area contributed by atoms with Gasteiger partial charge in [0.05, 0.1) is 18.7 Å². The number of nitrogens with zero attached hydrogens (tertiary/aromatic N) is 4. The monoisotopic (exact) mass is 510 g/mol. The lowest BCUT2D eigenvalue weighted by Gasteiger charge is -2.13. The summed E-state index contributed by atoms with van der Waals surface area (Å²) in [7, 11) is 4.22. The van der Waals surface area contributed by atoms with Crippen molar-refractivity contribution in [1.29, 1.82) is 0 Å². The Labute approximate surface area is 200 Å². The second kappa shape index (κ2) is 9.02. The molecule has 35 heavy (non-hydrogen) atoms. The third kappa shape index (κ3) is 4.83. The van der Waals surface area contributed by atoms with Gasteiger partial charge in [-0.05, 0) is 29.8 Å². The summed E-state index contributed by atoms with van der Waals surface area (Å²) >= 11 is 6.10. The third-order valence-electron chi connectivity index (χ3n) is 5.12.